The fraction of sp³-hybridized carbons (Fsp3) is 0.588. The van der Waals surface area contributed by atoms with Crippen LogP contribution in [0.15, 0.2) is 24.3 Å². The van der Waals surface area contributed by atoms with Crippen molar-refractivity contribution in [2.45, 2.75) is 44.8 Å². The van der Waals surface area contributed by atoms with Crippen LogP contribution < -0.4 is 14.8 Å². The minimum Gasteiger partial charge on any atom is -0.497 e. The quantitative estimate of drug-likeness (QED) is 0.906. The molecule has 1 N–H and O–H groups in total. The molecule has 0 heterocycles. The van der Waals surface area contributed by atoms with Crippen molar-refractivity contribution in [3.8, 4) is 11.5 Å². The first-order chi connectivity index (χ1) is 10.2. The van der Waals surface area contributed by atoms with Crippen molar-refractivity contribution >= 4 is 5.91 Å². The highest BCUT2D eigenvalue weighted by molar-refractivity contribution is 5.81. The highest BCUT2D eigenvalue weighted by Gasteiger charge is 2.40. The molecule has 3 rings (SSSR count). The number of benzene rings is 1. The molecule has 4 atom stereocenters. The molecule has 4 heteroatoms. The smallest absolute Gasteiger partial charge is 0.261 e. The standard InChI is InChI=1S/C17H23NO3/c1-11(21-15-5-3-4-14(10-15)20-2)17(19)18-16-9-12-6-7-13(16)8-12/h3-5,10-13,16H,6-9H2,1-2H3,(H,18,19)/t11-,12+,13+,16-/m0/s1. The van der Waals surface area contributed by atoms with Gasteiger partial charge in [-0.1, -0.05) is 12.5 Å². The second-order valence-electron chi connectivity index (χ2n) is 6.23. The maximum Gasteiger partial charge on any atom is 0.261 e. The maximum absolute atomic E-state index is 12.3. The van der Waals surface area contributed by atoms with Crippen LogP contribution in [0.2, 0.25) is 0 Å². The van der Waals surface area contributed by atoms with Crippen molar-refractivity contribution in [2.75, 3.05) is 7.11 Å². The van der Waals surface area contributed by atoms with Crippen LogP contribution in [-0.4, -0.2) is 25.2 Å². The molecule has 2 fully saturated rings. The second kappa shape index (κ2) is 5.96. The molecule has 21 heavy (non-hydrogen) atoms. The average molecular weight is 289 g/mol. The van der Waals surface area contributed by atoms with E-state index in [1.807, 2.05) is 18.2 Å². The minimum absolute atomic E-state index is 0.0182. The van der Waals surface area contributed by atoms with Crippen molar-refractivity contribution in [1.82, 2.24) is 5.32 Å². The molecule has 2 aliphatic carbocycles. The Morgan fingerprint density at radius 3 is 2.76 bits per heavy atom. The zero-order valence-electron chi connectivity index (χ0n) is 12.7. The number of amides is 1. The molecule has 0 unspecified atom stereocenters. The number of carbonyl (C=O) groups excluding carboxylic acids is 1. The Morgan fingerprint density at radius 1 is 1.29 bits per heavy atom. The van der Waals surface area contributed by atoms with Gasteiger partial charge in [0.1, 0.15) is 11.5 Å². The van der Waals surface area contributed by atoms with Crippen LogP contribution in [0.5, 0.6) is 11.5 Å². The van der Waals surface area contributed by atoms with Gasteiger partial charge in [0.2, 0.25) is 0 Å². The van der Waals surface area contributed by atoms with Gasteiger partial charge in [0.25, 0.3) is 5.91 Å². The lowest BCUT2D eigenvalue weighted by atomic mass is 9.95. The van der Waals surface area contributed by atoms with E-state index >= 15 is 0 Å². The van der Waals surface area contributed by atoms with Gasteiger partial charge in [-0.15, -0.1) is 0 Å². The van der Waals surface area contributed by atoms with Crippen LogP contribution >= 0.6 is 0 Å². The van der Waals surface area contributed by atoms with Gasteiger partial charge in [-0.2, -0.15) is 0 Å². The minimum atomic E-state index is -0.490. The monoisotopic (exact) mass is 289 g/mol. The van der Waals surface area contributed by atoms with Crippen molar-refractivity contribution in [3.05, 3.63) is 24.3 Å². The van der Waals surface area contributed by atoms with Crippen LogP contribution in [0.1, 0.15) is 32.6 Å². The number of carbonyl (C=O) groups is 1. The van der Waals surface area contributed by atoms with E-state index in [1.165, 1.54) is 19.3 Å². The number of fused-ring (bicyclic) bond motifs is 2. The van der Waals surface area contributed by atoms with E-state index in [-0.39, 0.29) is 5.91 Å². The van der Waals surface area contributed by atoms with E-state index < -0.39 is 6.10 Å². The lowest BCUT2D eigenvalue weighted by Crippen LogP contribution is -2.44. The molecule has 4 nitrogen and oxygen atoms in total. The summed E-state index contributed by atoms with van der Waals surface area (Å²) in [6.45, 7) is 1.79. The van der Waals surface area contributed by atoms with Gasteiger partial charge >= 0.3 is 0 Å². The van der Waals surface area contributed by atoms with Gasteiger partial charge in [0, 0.05) is 12.1 Å². The predicted molar refractivity (Wildman–Crippen MR) is 80.5 cm³/mol. The van der Waals surface area contributed by atoms with Crippen LogP contribution in [-0.2, 0) is 4.79 Å². The van der Waals surface area contributed by atoms with E-state index in [4.69, 9.17) is 9.47 Å². The van der Waals surface area contributed by atoms with Crippen LogP contribution in [0.4, 0.5) is 0 Å². The Labute approximate surface area is 125 Å². The number of methoxy groups -OCH3 is 1. The number of nitrogens with one attached hydrogen (secondary N) is 1. The summed E-state index contributed by atoms with van der Waals surface area (Å²) in [6.07, 6.45) is 4.54. The molecule has 0 saturated heterocycles. The fourth-order valence-corrected chi connectivity index (χ4v) is 3.65. The van der Waals surface area contributed by atoms with Crippen LogP contribution in [0, 0.1) is 11.8 Å². The van der Waals surface area contributed by atoms with Crippen molar-refractivity contribution < 1.29 is 14.3 Å². The third-order valence-electron chi connectivity index (χ3n) is 4.79. The molecule has 2 saturated carbocycles. The van der Waals surface area contributed by atoms with Gasteiger partial charge in [-0.05, 0) is 50.2 Å². The molecule has 0 aromatic heterocycles. The molecule has 114 valence electrons. The van der Waals surface area contributed by atoms with Gasteiger partial charge in [-0.25, -0.2) is 0 Å². The summed E-state index contributed by atoms with van der Waals surface area (Å²) < 4.78 is 10.9. The number of rotatable bonds is 5. The molecule has 0 radical (unpaired) electrons. The molecule has 1 aromatic rings. The number of hydrogen-bond acceptors (Lipinski definition) is 3. The Hall–Kier alpha value is -1.71. The van der Waals surface area contributed by atoms with E-state index in [2.05, 4.69) is 5.32 Å². The predicted octanol–water partition coefficient (Wildman–Crippen LogP) is 2.77. The van der Waals surface area contributed by atoms with Crippen molar-refractivity contribution in [2.24, 2.45) is 11.8 Å². The summed E-state index contributed by atoms with van der Waals surface area (Å²) in [5, 5.41) is 3.16. The normalized spacial score (nSPS) is 28.2. The maximum atomic E-state index is 12.3. The largest absolute Gasteiger partial charge is 0.497 e. The summed E-state index contributed by atoms with van der Waals surface area (Å²) in [6, 6.07) is 7.69. The van der Waals surface area contributed by atoms with E-state index in [0.29, 0.717) is 17.7 Å². The summed E-state index contributed by atoms with van der Waals surface area (Å²) in [5.74, 6) is 2.88. The lowest BCUT2D eigenvalue weighted by Gasteiger charge is -2.24. The van der Waals surface area contributed by atoms with E-state index in [0.717, 1.165) is 18.1 Å². The van der Waals surface area contributed by atoms with Crippen LogP contribution in [0.3, 0.4) is 0 Å². The molecule has 1 amide bonds. The molecule has 2 bridgehead atoms. The summed E-state index contributed by atoms with van der Waals surface area (Å²) in [4.78, 5) is 12.3. The van der Waals surface area contributed by atoms with Crippen molar-refractivity contribution in [3.63, 3.8) is 0 Å². The first-order valence-corrected chi connectivity index (χ1v) is 7.77. The van der Waals surface area contributed by atoms with Crippen molar-refractivity contribution in [1.29, 1.82) is 0 Å². The second-order valence-corrected chi connectivity index (χ2v) is 6.23. The molecule has 0 aliphatic heterocycles. The molecule has 1 aromatic carbocycles. The third-order valence-corrected chi connectivity index (χ3v) is 4.79. The molecule has 0 spiro atoms. The fourth-order valence-electron chi connectivity index (χ4n) is 3.65. The van der Waals surface area contributed by atoms with Gasteiger partial charge in [0.05, 0.1) is 7.11 Å². The first-order valence-electron chi connectivity index (χ1n) is 7.77. The average Bonchev–Trinajstić information content (AvgIpc) is 3.10. The summed E-state index contributed by atoms with van der Waals surface area (Å²) in [7, 11) is 1.62. The third kappa shape index (κ3) is 3.14. The van der Waals surface area contributed by atoms with E-state index in [9.17, 15) is 4.79 Å². The molecular formula is C17H23NO3. The molecular weight excluding hydrogens is 266 g/mol. The number of ether oxygens (including phenoxy) is 2. The Morgan fingerprint density at radius 2 is 2.10 bits per heavy atom. The van der Waals surface area contributed by atoms with E-state index in [1.54, 1.807) is 20.1 Å². The topological polar surface area (TPSA) is 47.6 Å². The lowest BCUT2D eigenvalue weighted by molar-refractivity contribution is -0.128. The zero-order chi connectivity index (χ0) is 14.8. The molecule has 2 aliphatic rings. The van der Waals surface area contributed by atoms with Crippen LogP contribution in [0.25, 0.3) is 0 Å². The Balaban J connectivity index is 1.54. The zero-order valence-corrected chi connectivity index (χ0v) is 12.7. The van der Waals surface area contributed by atoms with Gasteiger partial charge in [0.15, 0.2) is 6.10 Å². The first kappa shape index (κ1) is 14.2. The summed E-state index contributed by atoms with van der Waals surface area (Å²) >= 11 is 0. The SMILES string of the molecule is COc1cccc(O[C@@H](C)C(=O)N[C@H]2C[C@@H]3CC[C@@H]2C3)c1. The highest BCUT2D eigenvalue weighted by Crippen LogP contribution is 2.44. The Bertz CT molecular complexity index is 517. The number of hydrogen-bond donors (Lipinski definition) is 1. The Kier molecular flexibility index (Phi) is 4.04. The highest BCUT2D eigenvalue weighted by atomic mass is 16.5. The van der Waals surface area contributed by atoms with Gasteiger partial charge < -0.3 is 14.8 Å². The summed E-state index contributed by atoms with van der Waals surface area (Å²) in [5.41, 5.74) is 0. The van der Waals surface area contributed by atoms with Gasteiger partial charge in [-0.3, -0.25) is 4.79 Å².